The van der Waals surface area contributed by atoms with E-state index >= 15 is 0 Å². The summed E-state index contributed by atoms with van der Waals surface area (Å²) in [5.41, 5.74) is 2.32. The Morgan fingerprint density at radius 1 is 0.900 bits per heavy atom. The van der Waals surface area contributed by atoms with Gasteiger partial charge in [0.1, 0.15) is 5.75 Å². The van der Waals surface area contributed by atoms with Crippen molar-refractivity contribution >= 4 is 38.9 Å². The fourth-order valence-electron chi connectivity index (χ4n) is 3.32. The minimum atomic E-state index is -3.89. The highest BCUT2D eigenvalue weighted by Crippen LogP contribution is 2.37. The van der Waals surface area contributed by atoms with Crippen LogP contribution in [0.2, 0.25) is 10.0 Å². The van der Waals surface area contributed by atoms with Gasteiger partial charge in [0, 0.05) is 16.5 Å². The van der Waals surface area contributed by atoms with E-state index in [9.17, 15) is 8.42 Å². The molecule has 8 heteroatoms. The van der Waals surface area contributed by atoms with Crippen molar-refractivity contribution in [3.05, 3.63) is 94.0 Å². The lowest BCUT2D eigenvalue weighted by Crippen LogP contribution is -2.27. The molecule has 1 atom stereocenters. The molecule has 0 N–H and O–H groups in total. The molecule has 1 aliphatic heterocycles. The van der Waals surface area contributed by atoms with Crippen LogP contribution in [-0.4, -0.2) is 25.7 Å². The van der Waals surface area contributed by atoms with Crippen LogP contribution < -0.4 is 4.74 Å². The van der Waals surface area contributed by atoms with Crippen molar-refractivity contribution in [3.63, 3.8) is 0 Å². The Morgan fingerprint density at radius 3 is 2.03 bits per heavy atom. The largest absolute Gasteiger partial charge is 0.497 e. The van der Waals surface area contributed by atoms with Crippen LogP contribution in [0.3, 0.4) is 0 Å². The predicted octanol–water partition coefficient (Wildman–Crippen LogP) is 5.54. The number of hydrogen-bond acceptors (Lipinski definition) is 4. The third kappa shape index (κ3) is 4.03. The van der Waals surface area contributed by atoms with Gasteiger partial charge in [0.15, 0.2) is 0 Å². The molecule has 1 aliphatic rings. The zero-order chi connectivity index (χ0) is 21.3. The maximum atomic E-state index is 13.4. The second-order valence-electron chi connectivity index (χ2n) is 6.78. The number of hydrazone groups is 1. The summed E-state index contributed by atoms with van der Waals surface area (Å²) in [6.07, 6.45) is 0.431. The van der Waals surface area contributed by atoms with Crippen molar-refractivity contribution in [1.82, 2.24) is 4.41 Å². The van der Waals surface area contributed by atoms with Gasteiger partial charge in [0.05, 0.1) is 23.8 Å². The number of rotatable bonds is 5. The maximum absolute atomic E-state index is 13.4. The van der Waals surface area contributed by atoms with Crippen LogP contribution in [0, 0.1) is 0 Å². The summed E-state index contributed by atoms with van der Waals surface area (Å²) < 4.78 is 33.2. The molecule has 0 amide bonds. The van der Waals surface area contributed by atoms with Crippen LogP contribution in [0.15, 0.2) is 82.8 Å². The first-order valence-corrected chi connectivity index (χ1v) is 11.4. The van der Waals surface area contributed by atoms with E-state index in [0.29, 0.717) is 22.2 Å². The average Bonchev–Trinajstić information content (AvgIpc) is 3.21. The lowest BCUT2D eigenvalue weighted by atomic mass is 9.99. The molecule has 154 valence electrons. The molecule has 0 radical (unpaired) electrons. The minimum Gasteiger partial charge on any atom is -0.497 e. The molecule has 5 nitrogen and oxygen atoms in total. The molecule has 0 fully saturated rings. The van der Waals surface area contributed by atoms with Crippen LogP contribution in [0.25, 0.3) is 0 Å². The van der Waals surface area contributed by atoms with E-state index < -0.39 is 16.1 Å². The monoisotopic (exact) mass is 460 g/mol. The van der Waals surface area contributed by atoms with E-state index in [1.165, 1.54) is 16.5 Å². The summed E-state index contributed by atoms with van der Waals surface area (Å²) in [6.45, 7) is 0. The van der Waals surface area contributed by atoms with Gasteiger partial charge in [-0.1, -0.05) is 35.3 Å². The van der Waals surface area contributed by atoms with Crippen molar-refractivity contribution in [1.29, 1.82) is 0 Å². The summed E-state index contributed by atoms with van der Waals surface area (Å²) in [5, 5.41) is 5.57. The molecule has 1 heterocycles. The Labute approximate surface area is 185 Å². The molecule has 3 aromatic rings. The fraction of sp³-hybridized carbons (Fsp3) is 0.136. The molecular weight excluding hydrogens is 443 g/mol. The zero-order valence-electron chi connectivity index (χ0n) is 16.0. The third-order valence-corrected chi connectivity index (χ3v) is 7.11. The van der Waals surface area contributed by atoms with Crippen molar-refractivity contribution in [2.75, 3.05) is 7.11 Å². The van der Waals surface area contributed by atoms with Crippen molar-refractivity contribution in [3.8, 4) is 5.75 Å². The van der Waals surface area contributed by atoms with Crippen LogP contribution in [0.4, 0.5) is 0 Å². The molecule has 0 aliphatic carbocycles. The highest BCUT2D eigenvalue weighted by atomic mass is 35.5. The average molecular weight is 461 g/mol. The molecule has 0 spiro atoms. The summed E-state index contributed by atoms with van der Waals surface area (Å²) in [4.78, 5) is 0.130. The van der Waals surface area contributed by atoms with E-state index in [4.69, 9.17) is 27.9 Å². The van der Waals surface area contributed by atoms with E-state index in [1.54, 1.807) is 31.4 Å². The Hall–Kier alpha value is -2.54. The number of ether oxygens (including phenoxy) is 1. The zero-order valence-corrected chi connectivity index (χ0v) is 18.3. The van der Waals surface area contributed by atoms with Crippen LogP contribution in [-0.2, 0) is 10.0 Å². The van der Waals surface area contributed by atoms with Gasteiger partial charge in [-0.15, -0.1) is 0 Å². The molecule has 0 saturated carbocycles. The molecule has 1 unspecified atom stereocenters. The number of hydrogen-bond donors (Lipinski definition) is 0. The van der Waals surface area contributed by atoms with Gasteiger partial charge < -0.3 is 4.74 Å². The van der Waals surface area contributed by atoms with Crippen LogP contribution >= 0.6 is 23.2 Å². The smallest absolute Gasteiger partial charge is 0.279 e. The van der Waals surface area contributed by atoms with Crippen molar-refractivity contribution in [2.45, 2.75) is 17.4 Å². The van der Waals surface area contributed by atoms with E-state index in [2.05, 4.69) is 5.10 Å². The predicted molar refractivity (Wildman–Crippen MR) is 119 cm³/mol. The number of sulfonamides is 1. The molecule has 0 bridgehead atoms. The second kappa shape index (κ2) is 8.30. The lowest BCUT2D eigenvalue weighted by molar-refractivity contribution is 0.371. The third-order valence-electron chi connectivity index (χ3n) is 4.91. The molecule has 4 rings (SSSR count). The second-order valence-corrected chi connectivity index (χ2v) is 9.45. The van der Waals surface area contributed by atoms with Crippen LogP contribution in [0.1, 0.15) is 23.6 Å². The number of benzene rings is 3. The Morgan fingerprint density at radius 2 is 1.47 bits per heavy atom. The van der Waals surface area contributed by atoms with Gasteiger partial charge in [0.25, 0.3) is 10.0 Å². The lowest BCUT2D eigenvalue weighted by Gasteiger charge is -2.23. The molecule has 3 aromatic carbocycles. The quantitative estimate of drug-likeness (QED) is 0.501. The topological polar surface area (TPSA) is 59.0 Å². The summed E-state index contributed by atoms with van der Waals surface area (Å²) in [7, 11) is -2.29. The van der Waals surface area contributed by atoms with Gasteiger partial charge in [-0.05, 0) is 71.8 Å². The standard InChI is InChI=1S/C22H18Cl2N2O3S/c1-29-19-10-4-15(5-11-19)21-14-22(16-2-6-17(23)7-3-16)26(25-21)30(27,28)20-12-8-18(24)9-13-20/h2-13,22H,14H2,1H3. The Bertz CT molecular complexity index is 1180. The molecule has 0 saturated heterocycles. The number of methoxy groups -OCH3 is 1. The molecular formula is C22H18Cl2N2O3S. The SMILES string of the molecule is COc1ccc(C2=NN(S(=O)(=O)c3ccc(Cl)cc3)C(c3ccc(Cl)cc3)C2)cc1. The summed E-state index contributed by atoms with van der Waals surface area (Å²) in [5.74, 6) is 0.720. The minimum absolute atomic E-state index is 0.130. The van der Waals surface area contributed by atoms with Gasteiger partial charge in [-0.2, -0.15) is 17.9 Å². The van der Waals surface area contributed by atoms with Crippen molar-refractivity contribution in [2.24, 2.45) is 5.10 Å². The number of halogens is 2. The first kappa shape index (κ1) is 20.7. The van der Waals surface area contributed by atoms with E-state index in [0.717, 1.165) is 16.9 Å². The first-order chi connectivity index (χ1) is 14.4. The molecule has 30 heavy (non-hydrogen) atoms. The normalized spacial score (nSPS) is 16.4. The maximum Gasteiger partial charge on any atom is 0.279 e. The number of nitrogens with zero attached hydrogens (tertiary/aromatic N) is 2. The first-order valence-electron chi connectivity index (χ1n) is 9.16. The van der Waals surface area contributed by atoms with E-state index in [-0.39, 0.29) is 4.90 Å². The van der Waals surface area contributed by atoms with Gasteiger partial charge in [-0.25, -0.2) is 0 Å². The van der Waals surface area contributed by atoms with Gasteiger partial charge >= 0.3 is 0 Å². The van der Waals surface area contributed by atoms with Gasteiger partial charge in [-0.3, -0.25) is 0 Å². The Balaban J connectivity index is 1.77. The Kier molecular flexibility index (Phi) is 5.73. The summed E-state index contributed by atoms with van der Waals surface area (Å²) >= 11 is 12.0. The van der Waals surface area contributed by atoms with Crippen LogP contribution in [0.5, 0.6) is 5.75 Å². The van der Waals surface area contributed by atoms with Gasteiger partial charge in [0.2, 0.25) is 0 Å². The highest BCUT2D eigenvalue weighted by molar-refractivity contribution is 7.89. The van der Waals surface area contributed by atoms with E-state index in [1.807, 2.05) is 36.4 Å². The fourth-order valence-corrected chi connectivity index (χ4v) is 5.00. The molecule has 0 aromatic heterocycles. The highest BCUT2D eigenvalue weighted by Gasteiger charge is 2.37. The van der Waals surface area contributed by atoms with Crippen molar-refractivity contribution < 1.29 is 13.2 Å². The summed E-state index contributed by atoms with van der Waals surface area (Å²) in [6, 6.07) is 20.1.